The Balaban J connectivity index is 1.51. The molecule has 0 saturated carbocycles. The van der Waals surface area contributed by atoms with Gasteiger partial charge in [-0.15, -0.1) is 0 Å². The SMILES string of the molecule is NC(=O)c1cc2ccc(N3CC[C@](O)(C(=O)NCc4cc(F)cc(Cl)c4)C3=O)cc2[nH]1. The van der Waals surface area contributed by atoms with E-state index in [1.54, 1.807) is 24.3 Å². The molecule has 2 aromatic carbocycles. The number of nitrogens with zero attached hydrogens (tertiary/aromatic N) is 1. The zero-order valence-electron chi connectivity index (χ0n) is 16.1. The van der Waals surface area contributed by atoms with Gasteiger partial charge in [-0.05, 0) is 42.0 Å². The molecule has 0 radical (unpaired) electrons. The fourth-order valence-corrected chi connectivity index (χ4v) is 3.86. The molecular weight excluding hydrogens is 427 g/mol. The lowest BCUT2D eigenvalue weighted by molar-refractivity contribution is -0.149. The Bertz CT molecular complexity index is 1210. The van der Waals surface area contributed by atoms with Crippen molar-refractivity contribution in [1.29, 1.82) is 0 Å². The molecule has 5 N–H and O–H groups in total. The number of H-pyrrole nitrogens is 1. The number of carbonyl (C=O) groups is 3. The Hall–Kier alpha value is -3.43. The lowest BCUT2D eigenvalue weighted by Crippen LogP contribution is -2.52. The summed E-state index contributed by atoms with van der Waals surface area (Å²) in [7, 11) is 0. The molecule has 0 aliphatic carbocycles. The molecule has 3 amide bonds. The molecule has 0 spiro atoms. The number of nitrogens with one attached hydrogen (secondary N) is 2. The molecule has 1 atom stereocenters. The summed E-state index contributed by atoms with van der Waals surface area (Å²) in [6.45, 7) is 0.0136. The second kappa shape index (κ2) is 7.68. The largest absolute Gasteiger partial charge is 0.372 e. The monoisotopic (exact) mass is 444 g/mol. The predicted molar refractivity (Wildman–Crippen MR) is 112 cm³/mol. The lowest BCUT2D eigenvalue weighted by atomic mass is 10.0. The van der Waals surface area contributed by atoms with Crippen LogP contribution in [-0.2, 0) is 16.1 Å². The minimum Gasteiger partial charge on any atom is -0.372 e. The number of primary amides is 1. The first-order valence-electron chi connectivity index (χ1n) is 9.37. The molecule has 4 rings (SSSR count). The first kappa shape index (κ1) is 20.8. The molecule has 1 aliphatic rings. The van der Waals surface area contributed by atoms with E-state index in [1.165, 1.54) is 17.0 Å². The van der Waals surface area contributed by atoms with Gasteiger partial charge in [0.15, 0.2) is 0 Å². The van der Waals surface area contributed by atoms with Gasteiger partial charge < -0.3 is 26.0 Å². The Kier molecular flexibility index (Phi) is 5.16. The van der Waals surface area contributed by atoms with Crippen LogP contribution < -0.4 is 16.0 Å². The van der Waals surface area contributed by atoms with Gasteiger partial charge in [0.1, 0.15) is 11.5 Å². The number of anilines is 1. The smallest absolute Gasteiger partial charge is 0.268 e. The van der Waals surface area contributed by atoms with Gasteiger partial charge in [0.25, 0.3) is 17.7 Å². The maximum atomic E-state index is 13.5. The van der Waals surface area contributed by atoms with Gasteiger partial charge in [-0.3, -0.25) is 14.4 Å². The molecule has 1 aromatic heterocycles. The second-order valence-electron chi connectivity index (χ2n) is 7.35. The zero-order valence-corrected chi connectivity index (χ0v) is 16.9. The normalized spacial score (nSPS) is 18.5. The summed E-state index contributed by atoms with van der Waals surface area (Å²) in [5, 5.41) is 14.1. The predicted octanol–water partition coefficient (Wildman–Crippen LogP) is 1.84. The van der Waals surface area contributed by atoms with Crippen LogP contribution >= 0.6 is 11.6 Å². The first-order valence-corrected chi connectivity index (χ1v) is 9.75. The van der Waals surface area contributed by atoms with E-state index in [-0.39, 0.29) is 30.2 Å². The number of halogens is 2. The molecule has 31 heavy (non-hydrogen) atoms. The summed E-state index contributed by atoms with van der Waals surface area (Å²) in [5.41, 5.74) is 4.69. The van der Waals surface area contributed by atoms with Gasteiger partial charge in [-0.1, -0.05) is 17.7 Å². The zero-order chi connectivity index (χ0) is 22.3. The van der Waals surface area contributed by atoms with Crippen LogP contribution in [0.15, 0.2) is 42.5 Å². The highest BCUT2D eigenvalue weighted by Gasteiger charge is 2.51. The average molecular weight is 445 g/mol. The molecule has 1 fully saturated rings. The summed E-state index contributed by atoms with van der Waals surface area (Å²) < 4.78 is 13.5. The van der Waals surface area contributed by atoms with Gasteiger partial charge >= 0.3 is 0 Å². The van der Waals surface area contributed by atoms with Crippen LogP contribution in [0.1, 0.15) is 22.5 Å². The Morgan fingerprint density at radius 3 is 2.74 bits per heavy atom. The summed E-state index contributed by atoms with van der Waals surface area (Å²) in [5.74, 6) is -2.82. The fraction of sp³-hybridized carbons (Fsp3) is 0.190. The van der Waals surface area contributed by atoms with E-state index < -0.39 is 29.1 Å². The third-order valence-electron chi connectivity index (χ3n) is 5.23. The van der Waals surface area contributed by atoms with E-state index in [9.17, 15) is 23.9 Å². The maximum Gasteiger partial charge on any atom is 0.268 e. The van der Waals surface area contributed by atoms with Crippen LogP contribution in [-0.4, -0.2) is 40.0 Å². The summed E-state index contributed by atoms with van der Waals surface area (Å²) in [4.78, 5) is 41.0. The number of nitrogens with two attached hydrogens (primary N) is 1. The molecule has 1 saturated heterocycles. The van der Waals surface area contributed by atoms with Crippen LogP contribution in [0.5, 0.6) is 0 Å². The fourth-order valence-electron chi connectivity index (χ4n) is 3.62. The first-order chi connectivity index (χ1) is 14.7. The number of aromatic amines is 1. The topological polar surface area (TPSA) is 129 Å². The van der Waals surface area contributed by atoms with E-state index in [0.717, 1.165) is 11.5 Å². The van der Waals surface area contributed by atoms with Crippen molar-refractivity contribution in [2.45, 2.75) is 18.6 Å². The van der Waals surface area contributed by atoms with Crippen molar-refractivity contribution < 1.29 is 23.9 Å². The Morgan fingerprint density at radius 2 is 2.03 bits per heavy atom. The number of aliphatic hydroxyl groups is 1. The van der Waals surface area contributed by atoms with Gasteiger partial charge in [-0.2, -0.15) is 0 Å². The highest BCUT2D eigenvalue weighted by Crippen LogP contribution is 2.31. The number of hydrogen-bond donors (Lipinski definition) is 4. The molecular formula is C21H18ClFN4O4. The van der Waals surface area contributed by atoms with E-state index in [2.05, 4.69) is 10.3 Å². The van der Waals surface area contributed by atoms with Crippen molar-refractivity contribution in [2.24, 2.45) is 5.73 Å². The van der Waals surface area contributed by atoms with Crippen molar-refractivity contribution in [3.05, 3.63) is 64.6 Å². The van der Waals surface area contributed by atoms with Crippen molar-refractivity contribution in [1.82, 2.24) is 10.3 Å². The van der Waals surface area contributed by atoms with Crippen LogP contribution in [0.4, 0.5) is 10.1 Å². The number of carbonyl (C=O) groups excluding carboxylic acids is 3. The molecule has 3 aromatic rings. The summed E-state index contributed by atoms with van der Waals surface area (Å²) in [6.07, 6.45) is -0.114. The number of amides is 3. The molecule has 1 aliphatic heterocycles. The second-order valence-corrected chi connectivity index (χ2v) is 7.78. The van der Waals surface area contributed by atoms with Crippen molar-refractivity contribution in [2.75, 3.05) is 11.4 Å². The number of hydrogen-bond acceptors (Lipinski definition) is 4. The van der Waals surface area contributed by atoms with Gasteiger partial charge in [0.05, 0.1) is 0 Å². The quantitative estimate of drug-likeness (QED) is 0.447. The van der Waals surface area contributed by atoms with Gasteiger partial charge in [0.2, 0.25) is 5.60 Å². The standard InChI is InChI=1S/C21H18ClFN4O4/c22-13-5-11(6-14(23)8-13)10-25-19(29)21(31)3-4-27(20(21)30)15-2-1-12-7-17(18(24)28)26-16(12)9-15/h1-2,5-9,26,31H,3-4,10H2,(H2,24,28)(H,25,29)/t21-/m0/s1. The van der Waals surface area contributed by atoms with Crippen LogP contribution in [0.25, 0.3) is 10.9 Å². The third kappa shape index (κ3) is 3.85. The van der Waals surface area contributed by atoms with E-state index >= 15 is 0 Å². The van der Waals surface area contributed by atoms with Crippen molar-refractivity contribution in [3.8, 4) is 0 Å². The number of rotatable bonds is 5. The number of aromatic nitrogens is 1. The molecule has 8 nitrogen and oxygen atoms in total. The van der Waals surface area contributed by atoms with Crippen LogP contribution in [0.3, 0.4) is 0 Å². The van der Waals surface area contributed by atoms with E-state index in [4.69, 9.17) is 17.3 Å². The summed E-state index contributed by atoms with van der Waals surface area (Å²) >= 11 is 5.80. The van der Waals surface area contributed by atoms with Crippen LogP contribution in [0, 0.1) is 5.82 Å². The minimum atomic E-state index is -2.25. The van der Waals surface area contributed by atoms with Crippen molar-refractivity contribution in [3.63, 3.8) is 0 Å². The lowest BCUT2D eigenvalue weighted by Gasteiger charge is -2.22. The maximum absolute atomic E-state index is 13.5. The van der Waals surface area contributed by atoms with Gasteiger partial charge in [0, 0.05) is 41.1 Å². The molecule has 0 unspecified atom stereocenters. The average Bonchev–Trinajstić information content (AvgIpc) is 3.27. The third-order valence-corrected chi connectivity index (χ3v) is 5.45. The van der Waals surface area contributed by atoms with Gasteiger partial charge in [-0.25, -0.2) is 4.39 Å². The highest BCUT2D eigenvalue weighted by atomic mass is 35.5. The van der Waals surface area contributed by atoms with E-state index in [1.807, 2.05) is 0 Å². The summed E-state index contributed by atoms with van der Waals surface area (Å²) in [6, 6.07) is 10.4. The molecule has 10 heteroatoms. The Labute approximate surface area is 180 Å². The van der Waals surface area contributed by atoms with Crippen LogP contribution in [0.2, 0.25) is 5.02 Å². The Morgan fingerprint density at radius 1 is 1.26 bits per heavy atom. The van der Waals surface area contributed by atoms with E-state index in [0.29, 0.717) is 16.8 Å². The molecule has 160 valence electrons. The molecule has 0 bridgehead atoms. The minimum absolute atomic E-state index is 0.101. The molecule has 2 heterocycles. The number of fused-ring (bicyclic) bond motifs is 1. The number of benzene rings is 2. The van der Waals surface area contributed by atoms with Crippen molar-refractivity contribution >= 4 is 45.9 Å². The highest BCUT2D eigenvalue weighted by molar-refractivity contribution is 6.30.